The normalized spacial score (nSPS) is 10.9. The topological polar surface area (TPSA) is 76.3 Å². The summed E-state index contributed by atoms with van der Waals surface area (Å²) in [6.07, 6.45) is 0.138. The molecule has 3 aromatic carbocycles. The van der Waals surface area contributed by atoms with Crippen molar-refractivity contribution in [3.63, 3.8) is 0 Å². The van der Waals surface area contributed by atoms with Gasteiger partial charge in [0, 0.05) is 12.1 Å². The largest absolute Gasteiger partial charge is 0.283 e. The number of amides is 1. The summed E-state index contributed by atoms with van der Waals surface area (Å²) in [4.78, 5) is 30.3. The van der Waals surface area contributed by atoms with Gasteiger partial charge in [-0.2, -0.15) is 0 Å². The summed E-state index contributed by atoms with van der Waals surface area (Å²) < 4.78 is 1.05. The molecule has 0 saturated heterocycles. The first-order valence-electron chi connectivity index (χ1n) is 9.86. The molecule has 0 bridgehead atoms. The predicted molar refractivity (Wildman–Crippen MR) is 124 cm³/mol. The Bertz CT molecular complexity index is 1250. The third kappa shape index (κ3) is 4.62. The number of anilines is 1. The van der Waals surface area contributed by atoms with Crippen molar-refractivity contribution in [2.75, 3.05) is 4.90 Å². The van der Waals surface area contributed by atoms with Crippen LogP contribution in [0.1, 0.15) is 22.3 Å². The van der Waals surface area contributed by atoms with Crippen LogP contribution in [-0.4, -0.2) is 15.8 Å². The van der Waals surface area contributed by atoms with E-state index < -0.39 is 4.92 Å². The number of carbonyl (C=O) groups is 1. The minimum Gasteiger partial charge on any atom is -0.283 e. The lowest BCUT2D eigenvalue weighted by Gasteiger charge is -2.20. The molecule has 0 aliphatic carbocycles. The first kappa shape index (κ1) is 20.7. The third-order valence-electron chi connectivity index (χ3n) is 5.04. The molecule has 6 nitrogen and oxygen atoms in total. The lowest BCUT2D eigenvalue weighted by molar-refractivity contribution is -0.384. The van der Waals surface area contributed by atoms with E-state index in [-0.39, 0.29) is 18.0 Å². The Balaban J connectivity index is 1.67. The zero-order valence-corrected chi connectivity index (χ0v) is 18.1. The average molecular weight is 432 g/mol. The highest BCUT2D eigenvalue weighted by Crippen LogP contribution is 2.33. The standard InChI is InChI=1S/C24H21N3O3S/c1-16-12-17(2)23-21(13-16)31-24(25-23)26(15-19-6-4-3-5-7-19)22(28)14-18-8-10-20(11-9-18)27(29)30/h3-13H,14-15H2,1-2H3. The number of aryl methyl sites for hydroxylation is 2. The van der Waals surface area contributed by atoms with Crippen molar-refractivity contribution in [2.24, 2.45) is 0 Å². The molecule has 0 aliphatic heterocycles. The van der Waals surface area contributed by atoms with Crippen molar-refractivity contribution in [1.29, 1.82) is 0 Å². The van der Waals surface area contributed by atoms with Gasteiger partial charge in [-0.3, -0.25) is 19.8 Å². The summed E-state index contributed by atoms with van der Waals surface area (Å²) in [5.74, 6) is -0.105. The van der Waals surface area contributed by atoms with Gasteiger partial charge in [-0.15, -0.1) is 0 Å². The van der Waals surface area contributed by atoms with Crippen LogP contribution in [0.5, 0.6) is 0 Å². The molecule has 1 heterocycles. The monoisotopic (exact) mass is 431 g/mol. The van der Waals surface area contributed by atoms with Gasteiger partial charge in [0.25, 0.3) is 5.69 Å². The van der Waals surface area contributed by atoms with E-state index in [1.165, 1.54) is 23.5 Å². The number of fused-ring (bicyclic) bond motifs is 1. The molecule has 0 spiro atoms. The summed E-state index contributed by atoms with van der Waals surface area (Å²) in [5, 5.41) is 11.5. The molecule has 0 radical (unpaired) electrons. The highest BCUT2D eigenvalue weighted by molar-refractivity contribution is 7.22. The number of hydrogen-bond acceptors (Lipinski definition) is 5. The molecule has 1 aromatic heterocycles. The third-order valence-corrected chi connectivity index (χ3v) is 6.06. The van der Waals surface area contributed by atoms with E-state index in [1.54, 1.807) is 17.0 Å². The van der Waals surface area contributed by atoms with E-state index in [1.807, 2.05) is 44.2 Å². The zero-order chi connectivity index (χ0) is 22.0. The number of thiazole rings is 1. The van der Waals surface area contributed by atoms with E-state index in [4.69, 9.17) is 4.98 Å². The van der Waals surface area contributed by atoms with Crippen LogP contribution in [0.25, 0.3) is 10.2 Å². The fraction of sp³-hybridized carbons (Fsp3) is 0.167. The van der Waals surface area contributed by atoms with Crippen LogP contribution in [0.15, 0.2) is 66.7 Å². The summed E-state index contributed by atoms with van der Waals surface area (Å²) in [7, 11) is 0. The second-order valence-corrected chi connectivity index (χ2v) is 8.50. The molecule has 0 aliphatic rings. The maximum Gasteiger partial charge on any atom is 0.269 e. The van der Waals surface area contributed by atoms with Gasteiger partial charge < -0.3 is 0 Å². The van der Waals surface area contributed by atoms with Crippen LogP contribution in [0.3, 0.4) is 0 Å². The summed E-state index contributed by atoms with van der Waals surface area (Å²) in [6, 6.07) is 20.1. The molecule has 7 heteroatoms. The van der Waals surface area contributed by atoms with Gasteiger partial charge in [-0.25, -0.2) is 4.98 Å². The molecule has 4 rings (SSSR count). The van der Waals surface area contributed by atoms with Crippen molar-refractivity contribution in [3.05, 3.63) is 99.1 Å². The van der Waals surface area contributed by atoms with Gasteiger partial charge in [0.15, 0.2) is 5.13 Å². The quantitative estimate of drug-likeness (QED) is 0.294. The Morgan fingerprint density at radius 1 is 1.03 bits per heavy atom. The summed E-state index contributed by atoms with van der Waals surface area (Å²) >= 11 is 1.50. The van der Waals surface area contributed by atoms with Crippen molar-refractivity contribution in [3.8, 4) is 0 Å². The molecule has 1 amide bonds. The van der Waals surface area contributed by atoms with Crippen molar-refractivity contribution >= 4 is 38.3 Å². The average Bonchev–Trinajstić information content (AvgIpc) is 3.17. The number of nitro groups is 1. The zero-order valence-electron chi connectivity index (χ0n) is 17.2. The minimum absolute atomic E-state index is 0.00867. The van der Waals surface area contributed by atoms with E-state index in [0.717, 1.165) is 32.5 Å². The fourth-order valence-electron chi connectivity index (χ4n) is 3.51. The van der Waals surface area contributed by atoms with Crippen LogP contribution in [0, 0.1) is 24.0 Å². The van der Waals surface area contributed by atoms with E-state index in [9.17, 15) is 14.9 Å². The van der Waals surface area contributed by atoms with Gasteiger partial charge >= 0.3 is 0 Å². The summed E-state index contributed by atoms with van der Waals surface area (Å²) in [5.41, 5.74) is 4.89. The number of benzene rings is 3. The molecule has 156 valence electrons. The lowest BCUT2D eigenvalue weighted by atomic mass is 10.1. The first-order chi connectivity index (χ1) is 14.9. The lowest BCUT2D eigenvalue weighted by Crippen LogP contribution is -2.31. The van der Waals surface area contributed by atoms with Crippen LogP contribution < -0.4 is 4.90 Å². The molecule has 0 N–H and O–H groups in total. The first-order valence-corrected chi connectivity index (χ1v) is 10.7. The number of rotatable bonds is 6. The van der Waals surface area contributed by atoms with Crippen LogP contribution in [0.4, 0.5) is 10.8 Å². The van der Waals surface area contributed by atoms with Crippen molar-refractivity contribution < 1.29 is 9.72 Å². The Labute approximate surface area is 183 Å². The molecule has 31 heavy (non-hydrogen) atoms. The smallest absolute Gasteiger partial charge is 0.269 e. The molecule has 0 atom stereocenters. The SMILES string of the molecule is Cc1cc(C)c2nc(N(Cc3ccccc3)C(=O)Cc3ccc([N+](=O)[O-])cc3)sc2c1. The predicted octanol–water partition coefficient (Wildman–Crippen LogP) is 5.60. The Morgan fingerprint density at radius 2 is 1.74 bits per heavy atom. The molecule has 0 unspecified atom stereocenters. The second kappa shape index (κ2) is 8.65. The molecular weight excluding hydrogens is 410 g/mol. The number of non-ortho nitro benzene ring substituents is 1. The van der Waals surface area contributed by atoms with Gasteiger partial charge in [0.05, 0.1) is 28.1 Å². The number of nitrogens with zero attached hydrogens (tertiary/aromatic N) is 3. The van der Waals surface area contributed by atoms with Gasteiger partial charge in [-0.1, -0.05) is 59.9 Å². The second-order valence-electron chi connectivity index (χ2n) is 7.49. The van der Waals surface area contributed by atoms with Gasteiger partial charge in [0.1, 0.15) is 0 Å². The number of carbonyl (C=O) groups excluding carboxylic acids is 1. The Morgan fingerprint density at radius 3 is 2.42 bits per heavy atom. The summed E-state index contributed by atoms with van der Waals surface area (Å²) in [6.45, 7) is 4.48. The highest BCUT2D eigenvalue weighted by atomic mass is 32.1. The Hall–Kier alpha value is -3.58. The van der Waals surface area contributed by atoms with Gasteiger partial charge in [0.2, 0.25) is 5.91 Å². The van der Waals surface area contributed by atoms with E-state index in [2.05, 4.69) is 12.1 Å². The number of hydrogen-bond donors (Lipinski definition) is 0. The van der Waals surface area contributed by atoms with Crippen molar-refractivity contribution in [2.45, 2.75) is 26.8 Å². The van der Waals surface area contributed by atoms with Crippen LogP contribution >= 0.6 is 11.3 Å². The molecule has 0 fully saturated rings. The van der Waals surface area contributed by atoms with Crippen molar-refractivity contribution in [1.82, 2.24) is 4.98 Å². The van der Waals surface area contributed by atoms with E-state index in [0.29, 0.717) is 11.7 Å². The fourth-order valence-corrected chi connectivity index (χ4v) is 4.67. The molecule has 0 saturated carbocycles. The van der Waals surface area contributed by atoms with Gasteiger partial charge in [-0.05, 0) is 42.2 Å². The maximum atomic E-state index is 13.3. The van der Waals surface area contributed by atoms with Crippen LogP contribution in [-0.2, 0) is 17.8 Å². The number of aromatic nitrogens is 1. The minimum atomic E-state index is -0.446. The molecule has 4 aromatic rings. The number of nitro benzene ring substituents is 1. The maximum absolute atomic E-state index is 13.3. The Kier molecular flexibility index (Phi) is 5.77. The highest BCUT2D eigenvalue weighted by Gasteiger charge is 2.21. The van der Waals surface area contributed by atoms with E-state index >= 15 is 0 Å². The molecular formula is C24H21N3O3S. The van der Waals surface area contributed by atoms with Crippen LogP contribution in [0.2, 0.25) is 0 Å².